The normalized spacial score (nSPS) is 10.6. The van der Waals surface area contributed by atoms with Crippen molar-refractivity contribution in [2.45, 2.75) is 32.6 Å². The molecular weight excluding hydrogens is 428 g/mol. The lowest BCUT2D eigenvalue weighted by Gasteiger charge is -2.12. The molecule has 2 aromatic rings. The van der Waals surface area contributed by atoms with Crippen LogP contribution in [0.25, 0.3) is 0 Å². The maximum Gasteiger partial charge on any atom is 0.273 e. The second-order valence-corrected chi connectivity index (χ2v) is 7.34. The van der Waals surface area contributed by atoms with Crippen LogP contribution in [0.3, 0.4) is 0 Å². The zero-order valence-corrected chi connectivity index (χ0v) is 17.6. The minimum atomic E-state index is -0.517. The van der Waals surface area contributed by atoms with Crippen LogP contribution in [0.1, 0.15) is 38.2 Å². The lowest BCUT2D eigenvalue weighted by Crippen LogP contribution is -2.13. The third kappa shape index (κ3) is 5.95. The van der Waals surface area contributed by atoms with Gasteiger partial charge in [0.2, 0.25) is 5.91 Å². The van der Waals surface area contributed by atoms with E-state index >= 15 is 0 Å². The van der Waals surface area contributed by atoms with Gasteiger partial charge in [0.25, 0.3) is 5.69 Å². The number of benzene rings is 2. The molecule has 0 radical (unpaired) electrons. The molecular formula is C20H23BrN2O5. The number of methoxy groups -OCH3 is 1. The summed E-state index contributed by atoms with van der Waals surface area (Å²) in [5.74, 6) is 1.20. The topological polar surface area (TPSA) is 90.7 Å². The van der Waals surface area contributed by atoms with Crippen LogP contribution in [-0.4, -0.2) is 24.5 Å². The second-order valence-electron chi connectivity index (χ2n) is 6.49. The molecule has 28 heavy (non-hydrogen) atoms. The van der Waals surface area contributed by atoms with Crippen molar-refractivity contribution in [1.82, 2.24) is 0 Å². The summed E-state index contributed by atoms with van der Waals surface area (Å²) in [5.41, 5.74) is 1.51. The predicted molar refractivity (Wildman–Crippen MR) is 111 cm³/mol. The number of nitro groups is 1. The number of ether oxygens (including phenoxy) is 2. The zero-order chi connectivity index (χ0) is 20.7. The number of rotatable bonds is 9. The van der Waals surface area contributed by atoms with E-state index in [1.807, 2.05) is 18.2 Å². The highest BCUT2D eigenvalue weighted by Gasteiger charge is 2.13. The molecule has 0 bridgehead atoms. The molecule has 2 aromatic carbocycles. The zero-order valence-electron chi connectivity index (χ0n) is 16.0. The van der Waals surface area contributed by atoms with Gasteiger partial charge in [0, 0.05) is 12.5 Å². The quantitative estimate of drug-likeness (QED) is 0.318. The number of hydrogen-bond acceptors (Lipinski definition) is 5. The summed E-state index contributed by atoms with van der Waals surface area (Å²) in [6.45, 7) is 4.64. The average molecular weight is 451 g/mol. The first-order valence-electron chi connectivity index (χ1n) is 8.86. The molecule has 0 unspecified atom stereocenters. The van der Waals surface area contributed by atoms with Crippen LogP contribution < -0.4 is 14.8 Å². The Kier molecular flexibility index (Phi) is 7.80. The summed E-state index contributed by atoms with van der Waals surface area (Å²) in [5, 5.41) is 13.5. The fourth-order valence-electron chi connectivity index (χ4n) is 2.52. The van der Waals surface area contributed by atoms with Crippen molar-refractivity contribution in [2.75, 3.05) is 19.0 Å². The van der Waals surface area contributed by atoms with Crippen LogP contribution in [-0.2, 0) is 4.79 Å². The number of nitrogens with one attached hydrogen (secondary N) is 1. The lowest BCUT2D eigenvalue weighted by atomic mass is 10.0. The van der Waals surface area contributed by atoms with E-state index in [1.54, 1.807) is 0 Å². The number of halogens is 1. The van der Waals surface area contributed by atoms with Crippen molar-refractivity contribution in [1.29, 1.82) is 0 Å². The molecule has 0 aliphatic heterocycles. The van der Waals surface area contributed by atoms with E-state index in [-0.39, 0.29) is 23.8 Å². The third-order valence-electron chi connectivity index (χ3n) is 4.10. The van der Waals surface area contributed by atoms with Gasteiger partial charge in [0.15, 0.2) is 0 Å². The summed E-state index contributed by atoms with van der Waals surface area (Å²) in [7, 11) is 1.39. The molecule has 0 atom stereocenters. The van der Waals surface area contributed by atoms with Gasteiger partial charge in [-0.15, -0.1) is 0 Å². The molecule has 0 saturated heterocycles. The first kappa shape index (κ1) is 21.7. The minimum Gasteiger partial charge on any atom is -0.494 e. The van der Waals surface area contributed by atoms with E-state index in [0.29, 0.717) is 24.6 Å². The number of carbonyl (C=O) groups excluding carboxylic acids is 1. The first-order valence-corrected chi connectivity index (χ1v) is 9.65. The van der Waals surface area contributed by atoms with Crippen molar-refractivity contribution in [3.8, 4) is 11.5 Å². The fraction of sp³-hybridized carbons (Fsp3) is 0.350. The van der Waals surface area contributed by atoms with Crippen molar-refractivity contribution >= 4 is 33.2 Å². The van der Waals surface area contributed by atoms with E-state index in [9.17, 15) is 14.9 Å². The minimum absolute atomic E-state index is 0.0997. The lowest BCUT2D eigenvalue weighted by molar-refractivity contribution is -0.384. The number of non-ortho nitro benzene ring substituents is 1. The number of nitro benzene ring substituents is 1. The van der Waals surface area contributed by atoms with Gasteiger partial charge in [0.05, 0.1) is 34.9 Å². The SMILES string of the molecule is COc1cc([N+](=O)[O-])ccc1NC(=O)CCCOc1ccc(C(C)C)cc1Br. The number of hydrogen-bond donors (Lipinski definition) is 1. The molecule has 7 nitrogen and oxygen atoms in total. The van der Waals surface area contributed by atoms with Gasteiger partial charge in [0.1, 0.15) is 11.5 Å². The Balaban J connectivity index is 1.84. The van der Waals surface area contributed by atoms with E-state index in [0.717, 1.165) is 10.2 Å². The summed E-state index contributed by atoms with van der Waals surface area (Å²) in [6.07, 6.45) is 0.779. The molecule has 0 aliphatic carbocycles. The van der Waals surface area contributed by atoms with Crippen molar-refractivity contribution < 1.29 is 19.2 Å². The van der Waals surface area contributed by atoms with E-state index in [2.05, 4.69) is 35.1 Å². The van der Waals surface area contributed by atoms with Gasteiger partial charge in [-0.05, 0) is 52.0 Å². The Hall–Kier alpha value is -2.61. The molecule has 0 saturated carbocycles. The molecule has 0 aliphatic rings. The Morgan fingerprint density at radius 1 is 1.21 bits per heavy atom. The molecule has 2 rings (SSSR count). The van der Waals surface area contributed by atoms with E-state index < -0.39 is 4.92 Å². The molecule has 1 amide bonds. The molecule has 0 heterocycles. The average Bonchev–Trinajstić information content (AvgIpc) is 2.66. The molecule has 0 aromatic heterocycles. The summed E-state index contributed by atoms with van der Waals surface area (Å²) < 4.78 is 11.7. The van der Waals surface area contributed by atoms with Gasteiger partial charge in [-0.2, -0.15) is 0 Å². The van der Waals surface area contributed by atoms with Crippen LogP contribution in [0, 0.1) is 10.1 Å². The Labute approximate surface area is 172 Å². The van der Waals surface area contributed by atoms with Gasteiger partial charge in [-0.1, -0.05) is 19.9 Å². The van der Waals surface area contributed by atoms with Gasteiger partial charge in [-0.3, -0.25) is 14.9 Å². The van der Waals surface area contributed by atoms with Crippen LogP contribution in [0.15, 0.2) is 40.9 Å². The van der Waals surface area contributed by atoms with Crippen LogP contribution in [0.5, 0.6) is 11.5 Å². The van der Waals surface area contributed by atoms with Crippen LogP contribution >= 0.6 is 15.9 Å². The maximum atomic E-state index is 12.1. The number of carbonyl (C=O) groups is 1. The van der Waals surface area contributed by atoms with Gasteiger partial charge >= 0.3 is 0 Å². The van der Waals surface area contributed by atoms with Crippen LogP contribution in [0.4, 0.5) is 11.4 Å². The summed E-state index contributed by atoms with van der Waals surface area (Å²) >= 11 is 3.51. The Bertz CT molecular complexity index is 854. The summed E-state index contributed by atoms with van der Waals surface area (Å²) in [4.78, 5) is 22.4. The number of amides is 1. The largest absolute Gasteiger partial charge is 0.494 e. The molecule has 0 fully saturated rings. The maximum absolute atomic E-state index is 12.1. The third-order valence-corrected chi connectivity index (χ3v) is 4.72. The van der Waals surface area contributed by atoms with Crippen molar-refractivity contribution in [2.24, 2.45) is 0 Å². The highest BCUT2D eigenvalue weighted by Crippen LogP contribution is 2.30. The van der Waals surface area contributed by atoms with Crippen molar-refractivity contribution in [3.05, 3.63) is 56.5 Å². The molecule has 8 heteroatoms. The standard InChI is InChI=1S/C20H23BrN2O5/c1-13(2)14-6-9-18(16(21)11-14)28-10-4-5-20(24)22-17-8-7-15(23(25)26)12-19(17)27-3/h6-9,11-13H,4-5,10H2,1-3H3,(H,22,24). The fourth-order valence-corrected chi connectivity index (χ4v) is 3.03. The number of anilines is 1. The van der Waals surface area contributed by atoms with E-state index in [1.165, 1.54) is 30.9 Å². The Morgan fingerprint density at radius 3 is 2.57 bits per heavy atom. The molecule has 1 N–H and O–H groups in total. The van der Waals surface area contributed by atoms with Gasteiger partial charge < -0.3 is 14.8 Å². The molecule has 150 valence electrons. The Morgan fingerprint density at radius 2 is 1.96 bits per heavy atom. The van der Waals surface area contributed by atoms with Gasteiger partial charge in [-0.25, -0.2) is 0 Å². The number of nitrogens with zero attached hydrogens (tertiary/aromatic N) is 1. The molecule has 0 spiro atoms. The monoisotopic (exact) mass is 450 g/mol. The highest BCUT2D eigenvalue weighted by atomic mass is 79.9. The van der Waals surface area contributed by atoms with E-state index in [4.69, 9.17) is 9.47 Å². The highest BCUT2D eigenvalue weighted by molar-refractivity contribution is 9.10. The van der Waals surface area contributed by atoms with Crippen molar-refractivity contribution in [3.63, 3.8) is 0 Å². The first-order chi connectivity index (χ1) is 13.3. The second kappa shape index (κ2) is 10.1. The van der Waals surface area contributed by atoms with Crippen LogP contribution in [0.2, 0.25) is 0 Å². The predicted octanol–water partition coefficient (Wildman–Crippen LogP) is 5.29. The summed E-state index contributed by atoms with van der Waals surface area (Å²) in [6, 6.07) is 10.0. The smallest absolute Gasteiger partial charge is 0.273 e.